The Morgan fingerprint density at radius 1 is 0.552 bits per heavy atom. The SMILES string of the molecule is N#CC(C#N)=C1c2ccccc2-c2c1sc1c2-c2ccccc2C1=C(C#N)C#N. The summed E-state index contributed by atoms with van der Waals surface area (Å²) in [6.07, 6.45) is 0. The van der Waals surface area contributed by atoms with Crippen molar-refractivity contribution in [1.29, 1.82) is 21.0 Å². The summed E-state index contributed by atoms with van der Waals surface area (Å²) in [5.74, 6) is 0. The Kier molecular flexibility index (Phi) is 3.49. The second-order valence-electron chi connectivity index (χ2n) is 6.55. The van der Waals surface area contributed by atoms with Crippen LogP contribution in [0.25, 0.3) is 33.4 Å². The van der Waals surface area contributed by atoms with E-state index in [0.29, 0.717) is 11.1 Å². The molecule has 1 aromatic heterocycles. The Hall–Kier alpha value is -4.42. The van der Waals surface area contributed by atoms with Crippen LogP contribution >= 0.6 is 11.3 Å². The summed E-state index contributed by atoms with van der Waals surface area (Å²) >= 11 is 1.44. The molecular weight excluding hydrogens is 376 g/mol. The predicted octanol–water partition coefficient (Wildman–Crippen LogP) is 5.41. The van der Waals surface area contributed by atoms with Crippen molar-refractivity contribution in [3.63, 3.8) is 0 Å². The smallest absolute Gasteiger partial charge is 0.138 e. The lowest BCUT2D eigenvalue weighted by molar-refractivity contribution is 1.46. The molecule has 2 aliphatic carbocycles. The van der Waals surface area contributed by atoms with Gasteiger partial charge in [0.25, 0.3) is 0 Å². The van der Waals surface area contributed by atoms with Crippen molar-refractivity contribution in [1.82, 2.24) is 0 Å². The molecule has 4 nitrogen and oxygen atoms in total. The third-order valence-corrected chi connectivity index (χ3v) is 6.47. The number of allylic oxidation sites excluding steroid dienone is 2. The number of rotatable bonds is 0. The second kappa shape index (κ2) is 6.05. The van der Waals surface area contributed by atoms with Crippen LogP contribution < -0.4 is 0 Å². The van der Waals surface area contributed by atoms with Gasteiger partial charge in [-0.25, -0.2) is 0 Å². The van der Waals surface area contributed by atoms with Crippen molar-refractivity contribution in [3.05, 3.63) is 80.6 Å². The predicted molar refractivity (Wildman–Crippen MR) is 110 cm³/mol. The van der Waals surface area contributed by atoms with E-state index in [-0.39, 0.29) is 11.1 Å². The Balaban J connectivity index is 1.99. The summed E-state index contributed by atoms with van der Waals surface area (Å²) in [6, 6.07) is 23.6. The van der Waals surface area contributed by atoms with Crippen molar-refractivity contribution >= 4 is 22.5 Å². The van der Waals surface area contributed by atoms with Crippen molar-refractivity contribution in [2.75, 3.05) is 0 Å². The van der Waals surface area contributed by atoms with Gasteiger partial charge >= 0.3 is 0 Å². The number of thiophene rings is 1. The summed E-state index contributed by atoms with van der Waals surface area (Å²) in [4.78, 5) is 1.69. The Bertz CT molecular complexity index is 1340. The van der Waals surface area contributed by atoms with E-state index in [1.54, 1.807) is 0 Å². The zero-order valence-corrected chi connectivity index (χ0v) is 15.6. The molecule has 3 aromatic rings. The van der Waals surface area contributed by atoms with Gasteiger partial charge in [0.05, 0.1) is 0 Å². The third kappa shape index (κ3) is 2.03. The standard InChI is InChI=1S/C24H8N4S/c25-9-13(10-26)19-15-5-1-3-7-17(15)21-22-18-8-4-2-6-16(18)20(14(11-27)12-28)24(22)29-23(19)21/h1-8H. The van der Waals surface area contributed by atoms with Crippen LogP contribution in [-0.2, 0) is 0 Å². The maximum Gasteiger partial charge on any atom is 0.138 e. The molecular formula is C24H8N4S. The minimum atomic E-state index is 0.0655. The molecule has 0 fully saturated rings. The molecule has 130 valence electrons. The number of fused-ring (bicyclic) bond motifs is 7. The number of nitriles is 4. The summed E-state index contributed by atoms with van der Waals surface area (Å²) in [5, 5.41) is 38.2. The number of nitrogens with zero attached hydrogens (tertiary/aromatic N) is 4. The van der Waals surface area contributed by atoms with E-state index in [1.165, 1.54) is 11.3 Å². The van der Waals surface area contributed by atoms with Crippen LogP contribution in [0.1, 0.15) is 20.9 Å². The monoisotopic (exact) mass is 384 g/mol. The molecule has 0 radical (unpaired) electrons. The van der Waals surface area contributed by atoms with Gasteiger partial charge in [0, 0.05) is 32.0 Å². The lowest BCUT2D eigenvalue weighted by Crippen LogP contribution is -1.87. The second-order valence-corrected chi connectivity index (χ2v) is 7.57. The Morgan fingerprint density at radius 2 is 0.897 bits per heavy atom. The van der Waals surface area contributed by atoms with Crippen LogP contribution in [0.15, 0.2) is 59.7 Å². The molecule has 0 unspecified atom stereocenters. The van der Waals surface area contributed by atoms with Crippen LogP contribution in [0.5, 0.6) is 0 Å². The molecule has 5 heteroatoms. The van der Waals surface area contributed by atoms with Crippen molar-refractivity contribution < 1.29 is 0 Å². The Labute approximate surface area is 170 Å². The highest BCUT2D eigenvalue weighted by Gasteiger charge is 2.38. The average molecular weight is 384 g/mol. The van der Waals surface area contributed by atoms with E-state index in [0.717, 1.165) is 43.1 Å². The summed E-state index contributed by atoms with van der Waals surface area (Å²) < 4.78 is 0. The first-order chi connectivity index (χ1) is 14.2. The normalized spacial score (nSPS) is 11.9. The maximum atomic E-state index is 9.54. The van der Waals surface area contributed by atoms with Gasteiger partial charge in [-0.2, -0.15) is 21.0 Å². The van der Waals surface area contributed by atoms with E-state index in [1.807, 2.05) is 72.8 Å². The number of hydrogen-bond donors (Lipinski definition) is 0. The minimum Gasteiger partial charge on any atom is -0.192 e. The summed E-state index contributed by atoms with van der Waals surface area (Å²) in [6.45, 7) is 0. The van der Waals surface area contributed by atoms with Gasteiger partial charge in [0.2, 0.25) is 0 Å². The molecule has 5 rings (SSSR count). The summed E-state index contributed by atoms with van der Waals surface area (Å²) in [7, 11) is 0. The quantitative estimate of drug-likeness (QED) is 0.334. The first kappa shape index (κ1) is 16.7. The van der Waals surface area contributed by atoms with Gasteiger partial charge < -0.3 is 0 Å². The van der Waals surface area contributed by atoms with Crippen LogP contribution in [0, 0.1) is 45.3 Å². The molecule has 0 N–H and O–H groups in total. The van der Waals surface area contributed by atoms with E-state index >= 15 is 0 Å². The lowest BCUT2D eigenvalue weighted by atomic mass is 9.99. The van der Waals surface area contributed by atoms with Crippen LogP contribution in [0.4, 0.5) is 0 Å². The van der Waals surface area contributed by atoms with Crippen molar-refractivity contribution in [2.45, 2.75) is 0 Å². The third-order valence-electron chi connectivity index (χ3n) is 5.24. The average Bonchev–Trinajstić information content (AvgIpc) is 3.38. The molecule has 2 aliphatic rings. The fraction of sp³-hybridized carbons (Fsp3) is 0. The minimum absolute atomic E-state index is 0.0655. The highest BCUT2D eigenvalue weighted by Crippen LogP contribution is 2.60. The number of hydrogen-bond acceptors (Lipinski definition) is 5. The van der Waals surface area contributed by atoms with Gasteiger partial charge in [-0.3, -0.25) is 0 Å². The molecule has 0 saturated heterocycles. The fourth-order valence-electron chi connectivity index (χ4n) is 4.15. The maximum absolute atomic E-state index is 9.54. The van der Waals surface area contributed by atoms with E-state index in [4.69, 9.17) is 0 Å². The zero-order valence-electron chi connectivity index (χ0n) is 14.8. The van der Waals surface area contributed by atoms with Gasteiger partial charge in [0.15, 0.2) is 0 Å². The van der Waals surface area contributed by atoms with E-state index in [9.17, 15) is 21.0 Å². The fourth-order valence-corrected chi connectivity index (χ4v) is 5.61. The molecule has 1 heterocycles. The molecule has 0 amide bonds. The first-order valence-corrected chi connectivity index (χ1v) is 9.52. The van der Waals surface area contributed by atoms with Gasteiger partial charge in [-0.05, 0) is 22.3 Å². The molecule has 0 atom stereocenters. The highest BCUT2D eigenvalue weighted by atomic mass is 32.1. The van der Waals surface area contributed by atoms with Gasteiger partial charge in [-0.1, -0.05) is 48.5 Å². The van der Waals surface area contributed by atoms with E-state index < -0.39 is 0 Å². The van der Waals surface area contributed by atoms with Gasteiger partial charge in [-0.15, -0.1) is 11.3 Å². The Morgan fingerprint density at radius 3 is 1.24 bits per heavy atom. The van der Waals surface area contributed by atoms with E-state index in [2.05, 4.69) is 0 Å². The van der Waals surface area contributed by atoms with Crippen molar-refractivity contribution in [2.24, 2.45) is 0 Å². The topological polar surface area (TPSA) is 95.2 Å². The highest BCUT2D eigenvalue weighted by molar-refractivity contribution is 7.16. The molecule has 29 heavy (non-hydrogen) atoms. The molecule has 0 saturated carbocycles. The summed E-state index contributed by atoms with van der Waals surface area (Å²) in [5.41, 5.74) is 6.99. The van der Waals surface area contributed by atoms with Crippen LogP contribution in [0.2, 0.25) is 0 Å². The molecule has 0 spiro atoms. The molecule has 0 bridgehead atoms. The number of benzene rings is 2. The first-order valence-electron chi connectivity index (χ1n) is 8.71. The van der Waals surface area contributed by atoms with Crippen LogP contribution in [-0.4, -0.2) is 0 Å². The van der Waals surface area contributed by atoms with Gasteiger partial charge in [0.1, 0.15) is 35.4 Å². The zero-order chi connectivity index (χ0) is 20.1. The van der Waals surface area contributed by atoms with Crippen molar-refractivity contribution in [3.8, 4) is 46.5 Å². The molecule has 2 aromatic carbocycles. The lowest BCUT2D eigenvalue weighted by Gasteiger charge is -2.03. The molecule has 0 aliphatic heterocycles. The largest absolute Gasteiger partial charge is 0.192 e. The van der Waals surface area contributed by atoms with Crippen LogP contribution in [0.3, 0.4) is 0 Å².